The molecule has 1 amide bonds. The van der Waals surface area contributed by atoms with Gasteiger partial charge in [-0.1, -0.05) is 30.3 Å². The zero-order valence-electron chi connectivity index (χ0n) is 16.8. The Morgan fingerprint density at radius 1 is 1.17 bits per heavy atom. The molecule has 0 saturated heterocycles. The van der Waals surface area contributed by atoms with Crippen molar-refractivity contribution in [3.63, 3.8) is 0 Å². The zero-order chi connectivity index (χ0) is 20.9. The summed E-state index contributed by atoms with van der Waals surface area (Å²) in [5.41, 5.74) is 2.28. The van der Waals surface area contributed by atoms with Crippen molar-refractivity contribution in [1.82, 2.24) is 14.9 Å². The molecule has 0 saturated carbocycles. The zero-order valence-corrected chi connectivity index (χ0v) is 17.6. The Balaban J connectivity index is 1.42. The van der Waals surface area contributed by atoms with E-state index in [4.69, 9.17) is 4.74 Å². The summed E-state index contributed by atoms with van der Waals surface area (Å²) in [5, 5.41) is 0. The third kappa shape index (κ3) is 4.74. The summed E-state index contributed by atoms with van der Waals surface area (Å²) in [6.07, 6.45) is 1.14. The van der Waals surface area contributed by atoms with Crippen LogP contribution in [0.2, 0.25) is 0 Å². The van der Waals surface area contributed by atoms with Gasteiger partial charge in [0.2, 0.25) is 5.91 Å². The van der Waals surface area contributed by atoms with Gasteiger partial charge >= 0.3 is 0 Å². The Bertz CT molecular complexity index is 1080. The number of aromatic amines is 1. The van der Waals surface area contributed by atoms with Gasteiger partial charge in [0.05, 0.1) is 30.7 Å². The summed E-state index contributed by atoms with van der Waals surface area (Å²) < 4.78 is 5.18. The third-order valence-electron chi connectivity index (χ3n) is 5.11. The molecule has 1 N–H and O–H groups in total. The highest BCUT2D eigenvalue weighted by Gasteiger charge is 2.24. The lowest BCUT2D eigenvalue weighted by Gasteiger charge is -2.27. The normalized spacial score (nSPS) is 13.0. The van der Waals surface area contributed by atoms with Crippen LogP contribution >= 0.6 is 11.8 Å². The van der Waals surface area contributed by atoms with Crippen LogP contribution in [0.5, 0.6) is 5.75 Å². The van der Waals surface area contributed by atoms with E-state index in [1.54, 1.807) is 12.0 Å². The minimum atomic E-state index is -0.156. The largest absolute Gasteiger partial charge is 0.497 e. The van der Waals surface area contributed by atoms with Crippen molar-refractivity contribution in [1.29, 1.82) is 0 Å². The molecule has 0 radical (unpaired) electrons. The number of hydrogen-bond acceptors (Lipinski definition) is 5. The number of fused-ring (bicyclic) bond motifs is 1. The van der Waals surface area contributed by atoms with Crippen molar-refractivity contribution in [2.45, 2.75) is 24.3 Å². The second-order valence-electron chi connectivity index (χ2n) is 7.13. The predicted molar refractivity (Wildman–Crippen MR) is 117 cm³/mol. The molecule has 0 fully saturated rings. The van der Waals surface area contributed by atoms with Gasteiger partial charge in [0, 0.05) is 24.3 Å². The maximum Gasteiger partial charge on any atom is 0.256 e. The highest BCUT2D eigenvalue weighted by Crippen LogP contribution is 2.20. The van der Waals surface area contributed by atoms with E-state index < -0.39 is 0 Å². The Hall–Kier alpha value is -3.06. The molecule has 154 valence electrons. The summed E-state index contributed by atoms with van der Waals surface area (Å²) in [5.74, 6) is 1.83. The smallest absolute Gasteiger partial charge is 0.256 e. The number of amides is 1. The molecule has 0 unspecified atom stereocenters. The van der Waals surface area contributed by atoms with Gasteiger partial charge in [-0.25, -0.2) is 4.98 Å². The maximum absolute atomic E-state index is 12.7. The van der Waals surface area contributed by atoms with Gasteiger partial charge in [0.1, 0.15) is 11.6 Å². The summed E-state index contributed by atoms with van der Waals surface area (Å²) in [7, 11) is 1.63. The Morgan fingerprint density at radius 3 is 2.67 bits per heavy atom. The molecule has 2 heterocycles. The number of benzene rings is 2. The number of ether oxygens (including phenoxy) is 1. The lowest BCUT2D eigenvalue weighted by atomic mass is 10.1. The number of nitrogens with one attached hydrogen (secondary N) is 1. The van der Waals surface area contributed by atoms with Gasteiger partial charge in [-0.3, -0.25) is 9.59 Å². The Kier molecular flexibility index (Phi) is 6.18. The van der Waals surface area contributed by atoms with Gasteiger partial charge in [-0.05, 0) is 29.8 Å². The van der Waals surface area contributed by atoms with Crippen molar-refractivity contribution in [3.8, 4) is 5.75 Å². The first kappa shape index (κ1) is 20.2. The van der Waals surface area contributed by atoms with E-state index in [0.29, 0.717) is 43.1 Å². The minimum absolute atomic E-state index is 0.0382. The molecular weight excluding hydrogens is 398 g/mol. The van der Waals surface area contributed by atoms with Crippen LogP contribution in [0.25, 0.3) is 0 Å². The molecule has 0 atom stereocenters. The molecule has 0 spiro atoms. The van der Waals surface area contributed by atoms with Gasteiger partial charge in [-0.15, -0.1) is 11.8 Å². The second kappa shape index (κ2) is 9.17. The first-order chi connectivity index (χ1) is 14.6. The van der Waals surface area contributed by atoms with Gasteiger partial charge < -0.3 is 14.6 Å². The lowest BCUT2D eigenvalue weighted by Crippen LogP contribution is -2.40. The van der Waals surface area contributed by atoms with Crippen LogP contribution in [0.3, 0.4) is 0 Å². The number of methoxy groups -OCH3 is 1. The van der Waals surface area contributed by atoms with Gasteiger partial charge in [-0.2, -0.15) is 0 Å². The highest BCUT2D eigenvalue weighted by molar-refractivity contribution is 8.00. The fourth-order valence-corrected chi connectivity index (χ4v) is 4.29. The van der Waals surface area contributed by atoms with Crippen LogP contribution in [0.15, 0.2) is 64.3 Å². The molecule has 4 rings (SSSR count). The van der Waals surface area contributed by atoms with Crippen molar-refractivity contribution in [2.75, 3.05) is 19.4 Å². The first-order valence-corrected chi connectivity index (χ1v) is 10.8. The van der Waals surface area contributed by atoms with Crippen LogP contribution in [-0.2, 0) is 24.2 Å². The molecule has 30 heavy (non-hydrogen) atoms. The number of H-pyrrole nitrogens is 1. The number of aromatic nitrogens is 2. The first-order valence-electron chi connectivity index (χ1n) is 9.82. The molecular formula is C23H23N3O3S. The average Bonchev–Trinajstić information content (AvgIpc) is 2.78. The fraction of sp³-hybridized carbons (Fsp3) is 0.261. The topological polar surface area (TPSA) is 75.3 Å². The van der Waals surface area contributed by atoms with Crippen molar-refractivity contribution < 1.29 is 9.53 Å². The van der Waals surface area contributed by atoms with E-state index in [1.807, 2.05) is 54.6 Å². The summed E-state index contributed by atoms with van der Waals surface area (Å²) in [4.78, 5) is 35.6. The molecule has 2 aromatic carbocycles. The molecule has 7 heteroatoms. The third-order valence-corrected chi connectivity index (χ3v) is 6.10. The number of rotatable bonds is 6. The average molecular weight is 422 g/mol. The van der Waals surface area contributed by atoms with E-state index in [1.165, 1.54) is 11.8 Å². The van der Waals surface area contributed by atoms with Crippen molar-refractivity contribution >= 4 is 17.7 Å². The summed E-state index contributed by atoms with van der Waals surface area (Å²) in [6.45, 7) is 0.897. The van der Waals surface area contributed by atoms with Crippen LogP contribution in [-0.4, -0.2) is 40.2 Å². The molecule has 1 aliphatic heterocycles. The molecule has 3 aromatic rings. The highest BCUT2D eigenvalue weighted by atomic mass is 32.2. The number of nitrogens with zero attached hydrogens (tertiary/aromatic N) is 2. The fourth-order valence-electron chi connectivity index (χ4n) is 3.46. The predicted octanol–water partition coefficient (Wildman–Crippen LogP) is 3.05. The summed E-state index contributed by atoms with van der Waals surface area (Å²) >= 11 is 1.51. The van der Waals surface area contributed by atoms with E-state index in [-0.39, 0.29) is 11.5 Å². The standard InChI is InChI=1S/C23H23N3O3S/c1-29-17-9-7-16(8-10-17)13-21-24-20-11-12-26(14-19(20)23(28)25-21)22(27)15-30-18-5-3-2-4-6-18/h2-10H,11-15H2,1H3,(H,24,25,28). The number of carbonyl (C=O) groups is 1. The van der Waals surface area contributed by atoms with Crippen LogP contribution in [0, 0.1) is 0 Å². The molecule has 1 aliphatic rings. The molecule has 6 nitrogen and oxygen atoms in total. The number of carbonyl (C=O) groups excluding carboxylic acids is 1. The molecule has 0 aliphatic carbocycles. The van der Waals surface area contributed by atoms with E-state index >= 15 is 0 Å². The molecule has 0 bridgehead atoms. The van der Waals surface area contributed by atoms with Crippen molar-refractivity contribution in [2.24, 2.45) is 0 Å². The lowest BCUT2D eigenvalue weighted by molar-refractivity contribution is -0.129. The number of hydrogen-bond donors (Lipinski definition) is 1. The van der Waals surface area contributed by atoms with Gasteiger partial charge in [0.25, 0.3) is 5.56 Å². The second-order valence-corrected chi connectivity index (χ2v) is 8.18. The van der Waals surface area contributed by atoms with Gasteiger partial charge in [0.15, 0.2) is 0 Å². The van der Waals surface area contributed by atoms with Crippen LogP contribution in [0.1, 0.15) is 22.6 Å². The van der Waals surface area contributed by atoms with E-state index in [2.05, 4.69) is 9.97 Å². The Labute approximate surface area is 179 Å². The van der Waals surface area contributed by atoms with Crippen LogP contribution in [0.4, 0.5) is 0 Å². The Morgan fingerprint density at radius 2 is 1.93 bits per heavy atom. The maximum atomic E-state index is 12.7. The molecule has 1 aromatic heterocycles. The quantitative estimate of drug-likeness (QED) is 0.619. The minimum Gasteiger partial charge on any atom is -0.497 e. The number of thioether (sulfide) groups is 1. The monoisotopic (exact) mass is 421 g/mol. The summed E-state index contributed by atoms with van der Waals surface area (Å²) in [6, 6.07) is 17.6. The van der Waals surface area contributed by atoms with Crippen LogP contribution < -0.4 is 10.3 Å². The van der Waals surface area contributed by atoms with E-state index in [9.17, 15) is 9.59 Å². The van der Waals surface area contributed by atoms with Crippen molar-refractivity contribution in [3.05, 3.63) is 87.6 Å². The SMILES string of the molecule is COc1ccc(Cc2nc3c(c(=O)[nH]2)CN(C(=O)CSc2ccccc2)CC3)cc1. The van der Waals surface area contributed by atoms with E-state index in [0.717, 1.165) is 21.9 Å².